The molecule has 0 radical (unpaired) electrons. The van der Waals surface area contributed by atoms with Gasteiger partial charge in [-0.1, -0.05) is 6.07 Å². The first-order valence-corrected chi connectivity index (χ1v) is 14.5. The van der Waals surface area contributed by atoms with Crippen LogP contribution in [0.25, 0.3) is 0 Å². The van der Waals surface area contributed by atoms with Gasteiger partial charge in [0.1, 0.15) is 17.8 Å². The lowest BCUT2D eigenvalue weighted by Gasteiger charge is -2.23. The highest BCUT2D eigenvalue weighted by Gasteiger charge is 2.42. The number of aliphatic carboxylic acids is 2. The zero-order valence-electron chi connectivity index (χ0n) is 21.5. The van der Waals surface area contributed by atoms with E-state index in [0.29, 0.717) is 10.6 Å². The van der Waals surface area contributed by atoms with Gasteiger partial charge < -0.3 is 35.2 Å². The third-order valence-corrected chi connectivity index (χ3v) is 8.63. The highest BCUT2D eigenvalue weighted by Crippen LogP contribution is 2.23. The predicted molar refractivity (Wildman–Crippen MR) is 145 cm³/mol. The maximum absolute atomic E-state index is 12.9. The minimum Gasteiger partial charge on any atom is -0.480 e. The first-order chi connectivity index (χ1) is 19.0. The monoisotopic (exact) mass is 591 g/mol. The van der Waals surface area contributed by atoms with Gasteiger partial charge in [-0.2, -0.15) is 0 Å². The van der Waals surface area contributed by atoms with Crippen LogP contribution in [0.1, 0.15) is 33.0 Å². The van der Waals surface area contributed by atoms with Gasteiger partial charge in [0.2, 0.25) is 11.8 Å². The zero-order chi connectivity index (χ0) is 29.0. The van der Waals surface area contributed by atoms with E-state index in [1.165, 1.54) is 21.1 Å². The van der Waals surface area contributed by atoms with E-state index in [4.69, 9.17) is 0 Å². The van der Waals surface area contributed by atoms with E-state index in [1.54, 1.807) is 47.5 Å². The van der Waals surface area contributed by atoms with Gasteiger partial charge in [0, 0.05) is 51.3 Å². The molecule has 2 aliphatic heterocycles. The smallest absolute Gasteiger partial charge is 0.326 e. The molecule has 4 atom stereocenters. The van der Waals surface area contributed by atoms with Gasteiger partial charge in [-0.05, 0) is 23.6 Å². The summed E-state index contributed by atoms with van der Waals surface area (Å²) in [5.74, 6) is -4.48. The van der Waals surface area contributed by atoms with Crippen LogP contribution in [0, 0.1) is 0 Å². The molecule has 4 heterocycles. The summed E-state index contributed by atoms with van der Waals surface area (Å²) in [5, 5.41) is 26.5. The van der Waals surface area contributed by atoms with Crippen LogP contribution in [0.2, 0.25) is 0 Å². The molecule has 4 amide bonds. The second-order valence-electron chi connectivity index (χ2n) is 9.59. The molecule has 15 heteroatoms. The average Bonchev–Trinajstić information content (AvgIpc) is 3.69. The van der Waals surface area contributed by atoms with E-state index in [0.717, 1.165) is 11.8 Å². The number of hydrogen-bond donors (Lipinski definition) is 4. The molecule has 13 nitrogen and oxygen atoms in total. The van der Waals surface area contributed by atoms with E-state index >= 15 is 0 Å². The molecule has 2 saturated heterocycles. The molecule has 2 aromatic rings. The number of aryl methyl sites for hydroxylation is 1. The average molecular weight is 592 g/mol. The summed E-state index contributed by atoms with van der Waals surface area (Å²) in [5.41, 5.74) is 0.403. The Morgan fingerprint density at radius 1 is 0.875 bits per heavy atom. The molecule has 2 aromatic heterocycles. The summed E-state index contributed by atoms with van der Waals surface area (Å²) in [6.45, 7) is 0.0382. The summed E-state index contributed by atoms with van der Waals surface area (Å²) in [6, 6.07) is 3.40. The minimum atomic E-state index is -1.19. The van der Waals surface area contributed by atoms with E-state index < -0.39 is 47.9 Å². The number of nitrogens with zero attached hydrogens (tertiary/aromatic N) is 3. The Labute approximate surface area is 237 Å². The Hall–Kier alpha value is -3.85. The Morgan fingerprint density at radius 2 is 1.43 bits per heavy atom. The summed E-state index contributed by atoms with van der Waals surface area (Å²) in [4.78, 5) is 77.1. The maximum atomic E-state index is 12.9. The topological polar surface area (TPSA) is 178 Å². The van der Waals surface area contributed by atoms with Crippen molar-refractivity contribution in [3.05, 3.63) is 46.4 Å². The Balaban J connectivity index is 1.29. The first kappa shape index (κ1) is 29.1. The lowest BCUT2D eigenvalue weighted by Crippen LogP contribution is -2.43. The van der Waals surface area contributed by atoms with Crippen molar-refractivity contribution < 1.29 is 39.0 Å². The van der Waals surface area contributed by atoms with E-state index in [9.17, 15) is 39.0 Å². The van der Waals surface area contributed by atoms with Crippen molar-refractivity contribution in [3.8, 4) is 0 Å². The third kappa shape index (κ3) is 6.65. The van der Waals surface area contributed by atoms with Gasteiger partial charge in [0.05, 0.1) is 16.4 Å². The number of aromatic nitrogens is 1. The van der Waals surface area contributed by atoms with Gasteiger partial charge in [-0.25, -0.2) is 9.59 Å². The highest BCUT2D eigenvalue weighted by molar-refractivity contribution is 8.00. The van der Waals surface area contributed by atoms with Crippen molar-refractivity contribution in [1.29, 1.82) is 0 Å². The summed E-state index contributed by atoms with van der Waals surface area (Å²) < 4.78 is 1.63. The molecule has 214 valence electrons. The van der Waals surface area contributed by atoms with Gasteiger partial charge in [-0.3, -0.25) is 19.2 Å². The number of carboxylic acids is 2. The zero-order valence-corrected chi connectivity index (χ0v) is 23.2. The number of thiophene rings is 1. The van der Waals surface area contributed by atoms with Gasteiger partial charge in [0.15, 0.2) is 0 Å². The van der Waals surface area contributed by atoms with E-state index in [1.807, 2.05) is 0 Å². The van der Waals surface area contributed by atoms with Crippen LogP contribution in [0.5, 0.6) is 0 Å². The second-order valence-corrected chi connectivity index (χ2v) is 11.5. The number of carboxylic acid groups (broad SMARTS) is 2. The summed E-state index contributed by atoms with van der Waals surface area (Å²) in [7, 11) is 1.71. The van der Waals surface area contributed by atoms with Crippen molar-refractivity contribution >= 4 is 58.7 Å². The second kappa shape index (κ2) is 12.6. The van der Waals surface area contributed by atoms with Crippen LogP contribution < -0.4 is 10.6 Å². The number of carbonyl (C=O) groups is 6. The standard InChI is InChI=1S/C25H29N5O8S2/c1-28-6-2-4-16(28)22(33)26-14-8-17(24(35)36)29(10-14)20(31)12-39-13-21(32)30-11-15(9-18(30)25(37)38)27-23(34)19-5-3-7-40-19/h2-7,14-15,17-18H,8-13H2,1H3,(H,26,33)(H,27,34)(H,35,36)(H,37,38). The molecule has 0 aromatic carbocycles. The van der Waals surface area contributed by atoms with Crippen LogP contribution in [0.4, 0.5) is 0 Å². The molecular weight excluding hydrogens is 562 g/mol. The quantitative estimate of drug-likeness (QED) is 0.298. The Kier molecular flexibility index (Phi) is 9.14. The fraction of sp³-hybridized carbons (Fsp3) is 0.440. The molecule has 4 rings (SSSR count). The fourth-order valence-electron chi connectivity index (χ4n) is 4.91. The van der Waals surface area contributed by atoms with Crippen molar-refractivity contribution in [2.45, 2.75) is 37.0 Å². The van der Waals surface area contributed by atoms with Crippen molar-refractivity contribution in [2.75, 3.05) is 24.6 Å². The van der Waals surface area contributed by atoms with Crippen molar-refractivity contribution in [1.82, 2.24) is 25.0 Å². The maximum Gasteiger partial charge on any atom is 0.326 e. The van der Waals surface area contributed by atoms with Crippen LogP contribution in [-0.2, 0) is 26.2 Å². The molecule has 0 saturated carbocycles. The highest BCUT2D eigenvalue weighted by atomic mass is 32.2. The van der Waals surface area contributed by atoms with Crippen molar-refractivity contribution in [3.63, 3.8) is 0 Å². The number of nitrogens with one attached hydrogen (secondary N) is 2. The Bertz CT molecular complexity index is 1300. The molecule has 0 aliphatic carbocycles. The Morgan fingerprint density at radius 3 is 1.88 bits per heavy atom. The fourth-order valence-corrected chi connectivity index (χ4v) is 6.32. The molecule has 2 fully saturated rings. The van der Waals surface area contributed by atoms with Gasteiger partial charge in [-0.15, -0.1) is 23.1 Å². The molecule has 40 heavy (non-hydrogen) atoms. The largest absolute Gasteiger partial charge is 0.480 e. The molecule has 2 aliphatic rings. The third-order valence-electron chi connectivity index (χ3n) is 6.86. The predicted octanol–water partition coefficient (Wildman–Crippen LogP) is 0.0878. The number of thioether (sulfide) groups is 1. The van der Waals surface area contributed by atoms with Gasteiger partial charge in [0.25, 0.3) is 11.8 Å². The number of rotatable bonds is 10. The molecule has 0 bridgehead atoms. The van der Waals surface area contributed by atoms with E-state index in [2.05, 4.69) is 10.6 Å². The lowest BCUT2D eigenvalue weighted by molar-refractivity contribution is -0.147. The number of hydrogen-bond acceptors (Lipinski definition) is 8. The first-order valence-electron chi connectivity index (χ1n) is 12.4. The summed E-state index contributed by atoms with van der Waals surface area (Å²) in [6.07, 6.45) is 1.82. The molecule has 4 N–H and O–H groups in total. The molecular formula is C25H29N5O8S2. The van der Waals surface area contributed by atoms with Crippen LogP contribution >= 0.6 is 23.1 Å². The van der Waals surface area contributed by atoms with Crippen LogP contribution in [0.3, 0.4) is 0 Å². The molecule has 0 spiro atoms. The number of amides is 4. The number of carbonyl (C=O) groups excluding carboxylic acids is 4. The van der Waals surface area contributed by atoms with Crippen LogP contribution in [0.15, 0.2) is 35.8 Å². The molecule has 4 unspecified atom stereocenters. The van der Waals surface area contributed by atoms with E-state index in [-0.39, 0.29) is 49.3 Å². The van der Waals surface area contributed by atoms with Crippen molar-refractivity contribution in [2.24, 2.45) is 7.05 Å². The summed E-state index contributed by atoms with van der Waals surface area (Å²) >= 11 is 2.21. The van der Waals surface area contributed by atoms with Crippen LogP contribution in [-0.4, -0.2) is 109 Å². The lowest BCUT2D eigenvalue weighted by atomic mass is 10.1. The van der Waals surface area contributed by atoms with Gasteiger partial charge >= 0.3 is 11.9 Å². The normalized spacial score (nSPS) is 22.2. The number of likely N-dealkylation sites (tertiary alicyclic amines) is 2. The SMILES string of the molecule is Cn1cccc1C(=O)NC1CC(C(=O)O)N(C(=O)CSCC(=O)N2CC(NC(=O)c3cccs3)CC2C(=O)O)C1. The minimum absolute atomic E-state index is 0.0132.